The zero-order valence-electron chi connectivity index (χ0n) is 8.12. The summed E-state index contributed by atoms with van der Waals surface area (Å²) >= 11 is 5.83. The van der Waals surface area contributed by atoms with E-state index in [0.29, 0.717) is 23.1 Å². The summed E-state index contributed by atoms with van der Waals surface area (Å²) in [4.78, 5) is 11.6. The molecule has 1 heterocycles. The van der Waals surface area contributed by atoms with Crippen molar-refractivity contribution in [3.8, 4) is 0 Å². The number of para-hydroxylation sites is 1. The van der Waals surface area contributed by atoms with Gasteiger partial charge in [0.1, 0.15) is 11.1 Å². The molecule has 0 fully saturated rings. The highest BCUT2D eigenvalue weighted by atomic mass is 35.5. The Bertz CT molecular complexity index is 502. The normalized spacial score (nSPS) is 10.5. The van der Waals surface area contributed by atoms with E-state index in [9.17, 15) is 4.79 Å². The Hall–Kier alpha value is -1.48. The Morgan fingerprint density at radius 2 is 2.20 bits per heavy atom. The molecular weight excluding hydrogens is 216 g/mol. The fourth-order valence-corrected chi connectivity index (χ4v) is 1.67. The van der Waals surface area contributed by atoms with Crippen LogP contribution in [0.25, 0.3) is 11.0 Å². The fourth-order valence-electron chi connectivity index (χ4n) is 1.41. The van der Waals surface area contributed by atoms with Gasteiger partial charge in [0, 0.05) is 5.39 Å². The van der Waals surface area contributed by atoms with Crippen molar-refractivity contribution in [2.24, 2.45) is 0 Å². The number of ether oxygens (including phenoxy) is 1. The summed E-state index contributed by atoms with van der Waals surface area (Å²) in [5.41, 5.74) is 0.889. The van der Waals surface area contributed by atoms with Crippen LogP contribution in [0.4, 0.5) is 0 Å². The van der Waals surface area contributed by atoms with Gasteiger partial charge in [-0.1, -0.05) is 18.2 Å². The molecule has 15 heavy (non-hydrogen) atoms. The number of hydrogen-bond donors (Lipinski definition) is 0. The maximum atomic E-state index is 11.6. The molecular formula is C11H9ClO3. The third-order valence-electron chi connectivity index (χ3n) is 2.03. The van der Waals surface area contributed by atoms with Crippen molar-refractivity contribution in [1.82, 2.24) is 0 Å². The smallest absolute Gasteiger partial charge is 0.343 e. The van der Waals surface area contributed by atoms with Crippen LogP contribution in [0, 0.1) is 0 Å². The van der Waals surface area contributed by atoms with E-state index in [1.165, 1.54) is 0 Å². The van der Waals surface area contributed by atoms with E-state index in [1.54, 1.807) is 19.1 Å². The highest BCUT2D eigenvalue weighted by molar-refractivity contribution is 6.33. The van der Waals surface area contributed by atoms with Gasteiger partial charge < -0.3 is 9.15 Å². The van der Waals surface area contributed by atoms with E-state index >= 15 is 0 Å². The molecule has 0 spiro atoms. The van der Waals surface area contributed by atoms with Crippen LogP contribution in [0.3, 0.4) is 0 Å². The Morgan fingerprint density at radius 3 is 2.93 bits per heavy atom. The lowest BCUT2D eigenvalue weighted by atomic mass is 10.2. The summed E-state index contributed by atoms with van der Waals surface area (Å²) in [6.45, 7) is 2.06. The first-order chi connectivity index (χ1) is 7.24. The summed E-state index contributed by atoms with van der Waals surface area (Å²) in [6, 6.07) is 7.16. The highest BCUT2D eigenvalue weighted by Gasteiger charge is 2.19. The van der Waals surface area contributed by atoms with Gasteiger partial charge in [-0.05, 0) is 24.6 Å². The Labute approximate surface area is 91.6 Å². The van der Waals surface area contributed by atoms with Gasteiger partial charge >= 0.3 is 5.97 Å². The van der Waals surface area contributed by atoms with Gasteiger partial charge in [0.25, 0.3) is 0 Å². The number of fused-ring (bicyclic) bond motifs is 1. The van der Waals surface area contributed by atoms with Crippen LogP contribution in [-0.2, 0) is 4.74 Å². The highest BCUT2D eigenvalue weighted by Crippen LogP contribution is 2.29. The zero-order valence-corrected chi connectivity index (χ0v) is 8.88. The van der Waals surface area contributed by atoms with Crippen molar-refractivity contribution in [2.75, 3.05) is 6.61 Å². The molecule has 0 aliphatic rings. The Kier molecular flexibility index (Phi) is 2.64. The molecule has 78 valence electrons. The summed E-state index contributed by atoms with van der Waals surface area (Å²) < 4.78 is 10.1. The number of benzene rings is 1. The van der Waals surface area contributed by atoms with E-state index in [4.69, 9.17) is 20.8 Å². The standard InChI is InChI=1S/C11H9ClO3/c1-2-14-11(13)9-7-5-3-4-6-8(7)15-10(9)12/h3-6H,2H2,1H3. The molecule has 0 radical (unpaired) electrons. The number of carbonyl (C=O) groups is 1. The van der Waals surface area contributed by atoms with Crippen LogP contribution >= 0.6 is 11.6 Å². The van der Waals surface area contributed by atoms with Crippen LogP contribution in [0.2, 0.25) is 5.22 Å². The molecule has 4 heteroatoms. The van der Waals surface area contributed by atoms with E-state index in [-0.39, 0.29) is 5.22 Å². The minimum atomic E-state index is -0.451. The molecule has 2 aromatic rings. The zero-order chi connectivity index (χ0) is 10.8. The molecule has 0 aliphatic heterocycles. The van der Waals surface area contributed by atoms with Crippen molar-refractivity contribution in [3.63, 3.8) is 0 Å². The number of halogens is 1. The van der Waals surface area contributed by atoms with Crippen molar-refractivity contribution in [1.29, 1.82) is 0 Å². The predicted octanol–water partition coefficient (Wildman–Crippen LogP) is 3.26. The summed E-state index contributed by atoms with van der Waals surface area (Å²) in [5.74, 6) is -0.451. The second-order valence-electron chi connectivity index (χ2n) is 2.97. The molecule has 2 rings (SSSR count). The van der Waals surface area contributed by atoms with E-state index in [2.05, 4.69) is 0 Å². The first-order valence-electron chi connectivity index (χ1n) is 4.58. The lowest BCUT2D eigenvalue weighted by Crippen LogP contribution is -2.04. The van der Waals surface area contributed by atoms with Crippen molar-refractivity contribution >= 4 is 28.5 Å². The molecule has 0 unspecified atom stereocenters. The SMILES string of the molecule is CCOC(=O)c1c(Cl)oc2ccccc12. The molecule has 0 saturated heterocycles. The number of rotatable bonds is 2. The van der Waals surface area contributed by atoms with Crippen molar-refractivity contribution in [3.05, 3.63) is 35.0 Å². The average molecular weight is 225 g/mol. The van der Waals surface area contributed by atoms with Gasteiger partial charge in [0.05, 0.1) is 6.61 Å². The maximum absolute atomic E-state index is 11.6. The molecule has 0 atom stereocenters. The topological polar surface area (TPSA) is 39.4 Å². The minimum absolute atomic E-state index is 0.0784. The number of esters is 1. The molecule has 1 aromatic heterocycles. The van der Waals surface area contributed by atoms with Crippen LogP contribution in [0.1, 0.15) is 17.3 Å². The monoisotopic (exact) mass is 224 g/mol. The van der Waals surface area contributed by atoms with Gasteiger partial charge in [-0.15, -0.1) is 0 Å². The molecule has 3 nitrogen and oxygen atoms in total. The molecule has 0 N–H and O–H groups in total. The average Bonchev–Trinajstić information content (AvgIpc) is 2.54. The second-order valence-corrected chi connectivity index (χ2v) is 3.31. The minimum Gasteiger partial charge on any atom is -0.462 e. The Morgan fingerprint density at radius 1 is 1.47 bits per heavy atom. The van der Waals surface area contributed by atoms with Crippen LogP contribution in [0.5, 0.6) is 0 Å². The van der Waals surface area contributed by atoms with Gasteiger partial charge in [0.2, 0.25) is 5.22 Å². The van der Waals surface area contributed by atoms with Crippen LogP contribution < -0.4 is 0 Å². The number of hydrogen-bond acceptors (Lipinski definition) is 3. The van der Waals surface area contributed by atoms with Crippen molar-refractivity contribution < 1.29 is 13.9 Å². The van der Waals surface area contributed by atoms with E-state index in [0.717, 1.165) is 0 Å². The third-order valence-corrected chi connectivity index (χ3v) is 2.30. The molecule has 0 saturated carbocycles. The summed E-state index contributed by atoms with van der Waals surface area (Å²) in [6.07, 6.45) is 0. The fraction of sp³-hybridized carbons (Fsp3) is 0.182. The van der Waals surface area contributed by atoms with Crippen LogP contribution in [0.15, 0.2) is 28.7 Å². The molecule has 0 bridgehead atoms. The van der Waals surface area contributed by atoms with E-state index < -0.39 is 5.97 Å². The number of carbonyl (C=O) groups excluding carboxylic acids is 1. The van der Waals surface area contributed by atoms with Gasteiger partial charge in [-0.3, -0.25) is 0 Å². The largest absolute Gasteiger partial charge is 0.462 e. The van der Waals surface area contributed by atoms with E-state index in [1.807, 2.05) is 12.1 Å². The summed E-state index contributed by atoms with van der Waals surface area (Å²) in [7, 11) is 0. The first-order valence-corrected chi connectivity index (χ1v) is 4.96. The molecule has 0 amide bonds. The van der Waals surface area contributed by atoms with Crippen LogP contribution in [-0.4, -0.2) is 12.6 Å². The second kappa shape index (κ2) is 3.95. The lowest BCUT2D eigenvalue weighted by molar-refractivity contribution is 0.0528. The summed E-state index contributed by atoms with van der Waals surface area (Å²) in [5, 5.41) is 0.760. The van der Waals surface area contributed by atoms with Gasteiger partial charge in [0.15, 0.2) is 0 Å². The first kappa shape index (κ1) is 10.1. The quantitative estimate of drug-likeness (QED) is 0.735. The lowest BCUT2D eigenvalue weighted by Gasteiger charge is -1.98. The van der Waals surface area contributed by atoms with Crippen molar-refractivity contribution in [2.45, 2.75) is 6.92 Å². The predicted molar refractivity (Wildman–Crippen MR) is 57.2 cm³/mol. The number of furan rings is 1. The molecule has 0 aliphatic carbocycles. The van der Waals surface area contributed by atoms with Gasteiger partial charge in [-0.2, -0.15) is 0 Å². The third kappa shape index (κ3) is 1.70. The maximum Gasteiger partial charge on any atom is 0.343 e. The van der Waals surface area contributed by atoms with Gasteiger partial charge in [-0.25, -0.2) is 4.79 Å². The Balaban J connectivity index is 2.58. The molecule has 1 aromatic carbocycles.